The van der Waals surface area contributed by atoms with Crippen molar-refractivity contribution in [3.05, 3.63) is 48.5 Å². The number of anilines is 1. The number of sulfonamides is 1. The number of hydrogen-bond acceptors (Lipinski definition) is 5. The zero-order valence-corrected chi connectivity index (χ0v) is 18.8. The second kappa shape index (κ2) is 8.39. The number of hydrogen-bond donors (Lipinski definition) is 1. The van der Waals surface area contributed by atoms with E-state index in [2.05, 4.69) is 28.7 Å². The fraction of sp³-hybridized carbons (Fsp3) is 0.409. The fourth-order valence-electron chi connectivity index (χ4n) is 4.08. The smallest absolute Gasteiger partial charge is 0.243 e. The van der Waals surface area contributed by atoms with Crippen molar-refractivity contribution in [2.75, 3.05) is 18.4 Å². The van der Waals surface area contributed by atoms with Crippen LogP contribution >= 0.6 is 0 Å². The van der Waals surface area contributed by atoms with E-state index in [0.717, 1.165) is 29.8 Å². The van der Waals surface area contributed by atoms with E-state index in [1.165, 1.54) is 23.4 Å². The number of amides is 1. The molecule has 4 rings (SSSR count). The van der Waals surface area contributed by atoms with Gasteiger partial charge in [0.2, 0.25) is 15.9 Å². The van der Waals surface area contributed by atoms with Crippen LogP contribution in [0, 0.1) is 5.92 Å². The van der Waals surface area contributed by atoms with E-state index in [4.69, 9.17) is 4.98 Å². The van der Waals surface area contributed by atoms with Gasteiger partial charge in [0.05, 0.1) is 22.1 Å². The van der Waals surface area contributed by atoms with Crippen LogP contribution in [0.3, 0.4) is 0 Å². The molecule has 164 valence electrons. The molecular weight excluding hydrogens is 414 g/mol. The third-order valence-electron chi connectivity index (χ3n) is 5.46. The van der Waals surface area contributed by atoms with E-state index in [1.54, 1.807) is 18.3 Å². The highest BCUT2D eigenvalue weighted by atomic mass is 32.2. The Morgan fingerprint density at radius 2 is 1.97 bits per heavy atom. The average molecular weight is 442 g/mol. The van der Waals surface area contributed by atoms with Crippen LogP contribution < -0.4 is 5.32 Å². The fourth-order valence-corrected chi connectivity index (χ4v) is 5.58. The molecule has 1 amide bonds. The highest BCUT2D eigenvalue weighted by molar-refractivity contribution is 7.89. The number of imidazole rings is 1. The first-order valence-corrected chi connectivity index (χ1v) is 11.9. The molecule has 0 bridgehead atoms. The van der Waals surface area contributed by atoms with Crippen LogP contribution in [0.15, 0.2) is 47.6 Å². The van der Waals surface area contributed by atoms with Gasteiger partial charge in [-0.1, -0.05) is 13.8 Å². The van der Waals surface area contributed by atoms with Gasteiger partial charge < -0.3 is 9.88 Å². The molecule has 1 atom stereocenters. The molecule has 1 saturated heterocycles. The molecule has 3 heterocycles. The van der Waals surface area contributed by atoms with E-state index in [9.17, 15) is 13.2 Å². The molecule has 9 heteroatoms. The van der Waals surface area contributed by atoms with Crippen LogP contribution in [0.4, 0.5) is 5.69 Å². The number of fused-ring (bicyclic) bond motifs is 1. The lowest BCUT2D eigenvalue weighted by Crippen LogP contribution is -2.29. The van der Waals surface area contributed by atoms with Crippen molar-refractivity contribution in [3.8, 4) is 0 Å². The highest BCUT2D eigenvalue weighted by Gasteiger charge is 2.35. The molecule has 8 nitrogen and oxygen atoms in total. The summed E-state index contributed by atoms with van der Waals surface area (Å²) < 4.78 is 30.1. The molecule has 0 radical (unpaired) electrons. The summed E-state index contributed by atoms with van der Waals surface area (Å²) in [6.45, 7) is 7.38. The second-order valence-electron chi connectivity index (χ2n) is 8.39. The Balaban J connectivity index is 1.58. The Morgan fingerprint density at radius 3 is 2.65 bits per heavy atom. The third kappa shape index (κ3) is 4.33. The molecule has 0 spiro atoms. The van der Waals surface area contributed by atoms with Crippen molar-refractivity contribution >= 4 is 32.7 Å². The Labute approximate surface area is 182 Å². The molecule has 1 aliphatic rings. The Kier molecular flexibility index (Phi) is 5.81. The van der Waals surface area contributed by atoms with Gasteiger partial charge in [-0.15, -0.1) is 0 Å². The Morgan fingerprint density at radius 1 is 1.23 bits per heavy atom. The summed E-state index contributed by atoms with van der Waals surface area (Å²) in [5.74, 6) is 1.19. The molecular formula is C22H27N5O3S. The highest BCUT2D eigenvalue weighted by Crippen LogP contribution is 2.33. The summed E-state index contributed by atoms with van der Waals surface area (Å²) in [6, 6.07) is 8.19. The predicted octanol–water partition coefficient (Wildman–Crippen LogP) is 3.22. The van der Waals surface area contributed by atoms with Crippen LogP contribution in [0.2, 0.25) is 0 Å². The number of benzene rings is 1. The average Bonchev–Trinajstić information content (AvgIpc) is 3.33. The summed E-state index contributed by atoms with van der Waals surface area (Å²) in [6.07, 6.45) is 4.28. The molecule has 3 aromatic rings. The minimum Gasteiger partial charge on any atom is -0.326 e. The van der Waals surface area contributed by atoms with Gasteiger partial charge in [-0.25, -0.2) is 13.4 Å². The first kappa shape index (κ1) is 21.5. The van der Waals surface area contributed by atoms with E-state index >= 15 is 0 Å². The lowest BCUT2D eigenvalue weighted by molar-refractivity contribution is -0.114. The van der Waals surface area contributed by atoms with Crippen molar-refractivity contribution in [2.24, 2.45) is 5.92 Å². The maximum Gasteiger partial charge on any atom is 0.243 e. The van der Waals surface area contributed by atoms with Crippen LogP contribution in [0.25, 0.3) is 11.0 Å². The largest absolute Gasteiger partial charge is 0.326 e. The predicted molar refractivity (Wildman–Crippen MR) is 119 cm³/mol. The number of aromatic nitrogens is 3. The molecule has 1 aromatic carbocycles. The number of nitrogens with one attached hydrogen (secondary N) is 1. The van der Waals surface area contributed by atoms with Gasteiger partial charge in [0.25, 0.3) is 0 Å². The molecule has 1 N–H and O–H groups in total. The van der Waals surface area contributed by atoms with Crippen molar-refractivity contribution in [3.63, 3.8) is 0 Å². The Hall–Kier alpha value is -2.78. The maximum absolute atomic E-state index is 13.2. The molecule has 1 aliphatic heterocycles. The van der Waals surface area contributed by atoms with Crippen molar-refractivity contribution < 1.29 is 13.2 Å². The number of rotatable bonds is 6. The summed E-state index contributed by atoms with van der Waals surface area (Å²) >= 11 is 0. The summed E-state index contributed by atoms with van der Waals surface area (Å²) in [5.41, 5.74) is 2.45. The van der Waals surface area contributed by atoms with Crippen LogP contribution in [-0.2, 0) is 21.4 Å². The van der Waals surface area contributed by atoms with Gasteiger partial charge in [0.15, 0.2) is 0 Å². The van der Waals surface area contributed by atoms with Crippen LogP contribution in [0.5, 0.6) is 0 Å². The Bertz CT molecular complexity index is 1200. The first-order valence-electron chi connectivity index (χ1n) is 10.4. The minimum absolute atomic E-state index is 0.0274. The molecule has 1 unspecified atom stereocenters. The van der Waals surface area contributed by atoms with Crippen LogP contribution in [0.1, 0.15) is 38.9 Å². The standard InChI is InChI=1S/C22H27N5O3S/c1-15(2)13-27-21-12-23-10-8-20(21)25-22(27)17-9-11-26(14-17)31(29,30)19-6-4-18(5-7-19)24-16(3)28/h4-8,10,12,15,17H,9,11,13-14H2,1-3H3,(H,24,28). The van der Waals surface area contributed by atoms with Gasteiger partial charge in [-0.3, -0.25) is 9.78 Å². The molecule has 1 fully saturated rings. The number of carbonyl (C=O) groups is 1. The molecule has 2 aromatic heterocycles. The van der Waals surface area contributed by atoms with Crippen molar-refractivity contribution in [2.45, 2.75) is 44.6 Å². The van der Waals surface area contributed by atoms with Gasteiger partial charge in [0, 0.05) is 44.4 Å². The first-order chi connectivity index (χ1) is 14.8. The summed E-state index contributed by atoms with van der Waals surface area (Å²) in [4.78, 5) is 20.5. The third-order valence-corrected chi connectivity index (χ3v) is 7.34. The molecule has 31 heavy (non-hydrogen) atoms. The summed E-state index contributed by atoms with van der Waals surface area (Å²) in [5, 5.41) is 2.65. The zero-order valence-electron chi connectivity index (χ0n) is 17.9. The number of carbonyl (C=O) groups excluding carboxylic acids is 1. The van der Waals surface area contributed by atoms with E-state index < -0.39 is 10.0 Å². The monoisotopic (exact) mass is 441 g/mol. The second-order valence-corrected chi connectivity index (χ2v) is 10.3. The summed E-state index contributed by atoms with van der Waals surface area (Å²) in [7, 11) is -3.62. The number of pyridine rings is 1. The van der Waals surface area contributed by atoms with Crippen molar-refractivity contribution in [1.29, 1.82) is 0 Å². The van der Waals surface area contributed by atoms with Crippen LogP contribution in [-0.4, -0.2) is 46.3 Å². The number of nitrogens with zero attached hydrogens (tertiary/aromatic N) is 4. The van der Waals surface area contributed by atoms with Gasteiger partial charge in [-0.2, -0.15) is 4.31 Å². The topological polar surface area (TPSA) is 97.2 Å². The zero-order chi connectivity index (χ0) is 22.2. The molecule has 0 saturated carbocycles. The quantitative estimate of drug-likeness (QED) is 0.633. The normalized spacial score (nSPS) is 17.5. The van der Waals surface area contributed by atoms with E-state index in [-0.39, 0.29) is 16.7 Å². The maximum atomic E-state index is 13.2. The lowest BCUT2D eigenvalue weighted by Gasteiger charge is -2.18. The van der Waals surface area contributed by atoms with Gasteiger partial charge in [0.1, 0.15) is 5.82 Å². The molecule has 0 aliphatic carbocycles. The lowest BCUT2D eigenvalue weighted by atomic mass is 10.1. The SMILES string of the molecule is CC(=O)Nc1ccc(S(=O)(=O)N2CCC(c3nc4ccncc4n3CC(C)C)C2)cc1. The minimum atomic E-state index is -3.62. The van der Waals surface area contributed by atoms with Gasteiger partial charge >= 0.3 is 0 Å². The van der Waals surface area contributed by atoms with Crippen molar-refractivity contribution in [1.82, 2.24) is 18.8 Å². The van der Waals surface area contributed by atoms with E-state index in [1.807, 2.05) is 12.3 Å². The van der Waals surface area contributed by atoms with E-state index in [0.29, 0.717) is 24.7 Å². The van der Waals surface area contributed by atoms with Gasteiger partial charge in [-0.05, 0) is 42.7 Å².